The fourth-order valence-corrected chi connectivity index (χ4v) is 7.08. The molecule has 0 bridgehead atoms. The number of nitrogens with zero attached hydrogens (tertiary/aromatic N) is 3. The van der Waals surface area contributed by atoms with Gasteiger partial charge in [-0.25, -0.2) is 18.4 Å². The molecule has 2 unspecified atom stereocenters. The summed E-state index contributed by atoms with van der Waals surface area (Å²) in [5, 5.41) is 13.6. The van der Waals surface area contributed by atoms with E-state index in [1.165, 1.54) is 7.11 Å². The highest BCUT2D eigenvalue weighted by molar-refractivity contribution is 7.91. The maximum absolute atomic E-state index is 14.2. The number of pyridine rings is 2. The van der Waals surface area contributed by atoms with Crippen molar-refractivity contribution in [2.45, 2.75) is 23.3 Å². The van der Waals surface area contributed by atoms with E-state index in [9.17, 15) is 13.5 Å². The van der Waals surface area contributed by atoms with E-state index in [0.717, 1.165) is 16.6 Å². The summed E-state index contributed by atoms with van der Waals surface area (Å²) < 4.78 is 41.3. The molecule has 0 spiro atoms. The first-order chi connectivity index (χ1) is 21.2. The predicted octanol–water partition coefficient (Wildman–Crippen LogP) is 5.24. The van der Waals surface area contributed by atoms with Gasteiger partial charge >= 0.3 is 0 Å². The third-order valence-corrected chi connectivity index (χ3v) is 9.76. The number of rotatable bonds is 10. The zero-order valence-corrected chi connectivity index (χ0v) is 25.6. The first-order valence-electron chi connectivity index (χ1n) is 14.0. The van der Waals surface area contributed by atoms with Crippen molar-refractivity contribution in [1.82, 2.24) is 24.8 Å². The average molecular weight is 612 g/mol. The number of hydrogen-bond acceptors (Lipinski definition) is 8. The molecule has 0 saturated carbocycles. The van der Waals surface area contributed by atoms with E-state index in [2.05, 4.69) is 15.3 Å². The van der Waals surface area contributed by atoms with Crippen LogP contribution in [0.4, 0.5) is 0 Å². The van der Waals surface area contributed by atoms with Crippen LogP contribution < -0.4 is 14.8 Å². The maximum atomic E-state index is 14.2. The quantitative estimate of drug-likeness (QED) is 0.192. The molecule has 0 fully saturated rings. The number of aryl methyl sites for hydroxylation is 2. The van der Waals surface area contributed by atoms with E-state index in [-0.39, 0.29) is 11.4 Å². The Bertz CT molecular complexity index is 2050. The number of benzene rings is 2. The summed E-state index contributed by atoms with van der Waals surface area (Å²) in [4.78, 5) is 12.8. The minimum Gasteiger partial charge on any atom is -0.491 e. The van der Waals surface area contributed by atoms with E-state index in [4.69, 9.17) is 14.5 Å². The van der Waals surface area contributed by atoms with Gasteiger partial charge in [0.25, 0.3) is 5.88 Å². The molecule has 0 aliphatic rings. The molecule has 6 rings (SSSR count). The monoisotopic (exact) mass is 611 g/mol. The van der Waals surface area contributed by atoms with Crippen molar-refractivity contribution in [1.29, 1.82) is 0 Å². The van der Waals surface area contributed by atoms with E-state index in [1.807, 2.05) is 67.2 Å². The van der Waals surface area contributed by atoms with Crippen molar-refractivity contribution in [2.75, 3.05) is 20.8 Å². The molecule has 2 aromatic carbocycles. The van der Waals surface area contributed by atoms with E-state index in [0.29, 0.717) is 45.0 Å². The lowest BCUT2D eigenvalue weighted by Gasteiger charge is -2.22. The van der Waals surface area contributed by atoms with Crippen LogP contribution >= 0.6 is 0 Å². The van der Waals surface area contributed by atoms with Gasteiger partial charge in [-0.15, -0.1) is 0 Å². The number of sulfone groups is 1. The Kier molecular flexibility index (Phi) is 7.85. The molecule has 0 saturated heterocycles. The Morgan fingerprint density at radius 2 is 1.77 bits per heavy atom. The summed E-state index contributed by atoms with van der Waals surface area (Å²) in [6.45, 7) is 1.92. The first kappa shape index (κ1) is 29.4. The normalized spacial score (nSPS) is 13.3. The Balaban J connectivity index is 1.47. The lowest BCUT2D eigenvalue weighted by Crippen LogP contribution is -2.32. The molecule has 2 atom stereocenters. The number of H-pyrrole nitrogens is 1. The maximum Gasteiger partial charge on any atom is 0.257 e. The van der Waals surface area contributed by atoms with Crippen LogP contribution in [0.15, 0.2) is 90.1 Å². The minimum absolute atomic E-state index is 0.00966. The molecule has 0 aliphatic heterocycles. The largest absolute Gasteiger partial charge is 0.491 e. The van der Waals surface area contributed by atoms with Crippen molar-refractivity contribution < 1.29 is 23.0 Å². The van der Waals surface area contributed by atoms with Gasteiger partial charge in [0.15, 0.2) is 15.6 Å². The third kappa shape index (κ3) is 5.30. The van der Waals surface area contributed by atoms with Gasteiger partial charge in [0.1, 0.15) is 16.5 Å². The fourth-order valence-electron chi connectivity index (χ4n) is 5.43. The van der Waals surface area contributed by atoms with Gasteiger partial charge in [-0.05, 0) is 42.3 Å². The Morgan fingerprint density at radius 1 is 1.02 bits per heavy atom. The molecule has 0 aliphatic carbocycles. The van der Waals surface area contributed by atoms with Crippen molar-refractivity contribution >= 4 is 31.9 Å². The number of aliphatic hydroxyl groups is 1. The van der Waals surface area contributed by atoms with Crippen molar-refractivity contribution in [3.63, 3.8) is 0 Å². The number of aromatic amines is 1. The molecule has 3 N–H and O–H groups in total. The van der Waals surface area contributed by atoms with Crippen molar-refractivity contribution in [3.05, 3.63) is 102 Å². The fraction of sp³-hybridized carbons (Fsp3) is 0.212. The minimum atomic E-state index is -3.95. The second kappa shape index (κ2) is 11.8. The summed E-state index contributed by atoms with van der Waals surface area (Å²) >= 11 is 0. The van der Waals surface area contributed by atoms with Crippen LogP contribution in [0.2, 0.25) is 0 Å². The second-order valence-electron chi connectivity index (χ2n) is 10.6. The highest BCUT2D eigenvalue weighted by Crippen LogP contribution is 2.38. The molecule has 4 heterocycles. The third-order valence-electron chi connectivity index (χ3n) is 7.78. The number of nitrogens with one attached hydrogen (secondary N) is 2. The summed E-state index contributed by atoms with van der Waals surface area (Å²) in [6, 6.07) is 21.4. The highest BCUT2D eigenvalue weighted by atomic mass is 32.2. The summed E-state index contributed by atoms with van der Waals surface area (Å²) in [5.74, 6) is 0.870. The van der Waals surface area contributed by atoms with Crippen LogP contribution in [0.1, 0.15) is 28.2 Å². The van der Waals surface area contributed by atoms with Gasteiger partial charge in [-0.1, -0.05) is 48.0 Å². The molecule has 11 heteroatoms. The first-order valence-corrected chi connectivity index (χ1v) is 15.6. The molecule has 6 aromatic rings. The zero-order chi connectivity index (χ0) is 31.0. The van der Waals surface area contributed by atoms with Crippen LogP contribution in [0.25, 0.3) is 33.3 Å². The topological polar surface area (TPSA) is 131 Å². The molecular weight excluding hydrogens is 578 g/mol. The number of aromatic nitrogens is 4. The molecule has 10 nitrogen and oxygen atoms in total. The molecular formula is C33H33N5O5S. The van der Waals surface area contributed by atoms with Crippen LogP contribution in [-0.4, -0.2) is 53.8 Å². The van der Waals surface area contributed by atoms with Gasteiger partial charge in [-0.2, -0.15) is 0 Å². The predicted molar refractivity (Wildman–Crippen MR) is 169 cm³/mol. The zero-order valence-electron chi connectivity index (χ0n) is 24.8. The van der Waals surface area contributed by atoms with Crippen molar-refractivity contribution in [2.24, 2.45) is 7.05 Å². The standard InChI is InChI=1S/C33H33N5O5S/c1-20-10-12-22(13-11-20)44(40,41)33(35-18-28(39)21-8-6-5-7-9-21)23-14-15-34-31-24(23)16-26(36-31)25-19-38(2)27-17-29(42-3)32(43-4)37-30(25)27/h5-17,19,28,33,35,39H,18H2,1-4H3,(H,34,36). The lowest BCUT2D eigenvalue weighted by molar-refractivity contribution is 0.173. The molecule has 44 heavy (non-hydrogen) atoms. The smallest absolute Gasteiger partial charge is 0.257 e. The van der Waals surface area contributed by atoms with E-state index < -0.39 is 21.3 Å². The van der Waals surface area contributed by atoms with E-state index >= 15 is 0 Å². The molecule has 4 aromatic heterocycles. The van der Waals surface area contributed by atoms with Crippen LogP contribution in [-0.2, 0) is 16.9 Å². The number of methoxy groups -OCH3 is 2. The summed E-state index contributed by atoms with van der Waals surface area (Å²) in [5.41, 5.74) is 5.68. The Hall–Kier alpha value is -4.71. The van der Waals surface area contributed by atoms with Crippen LogP contribution in [0, 0.1) is 6.92 Å². The Morgan fingerprint density at radius 3 is 2.48 bits per heavy atom. The van der Waals surface area contributed by atoms with Gasteiger partial charge in [0, 0.05) is 43.0 Å². The second-order valence-corrected chi connectivity index (χ2v) is 12.7. The lowest BCUT2D eigenvalue weighted by atomic mass is 10.1. The molecule has 0 radical (unpaired) electrons. The molecule has 0 amide bonds. The number of aliphatic hydroxyl groups excluding tert-OH is 1. The Labute approximate surface area is 255 Å². The van der Waals surface area contributed by atoms with Crippen LogP contribution in [0.5, 0.6) is 11.6 Å². The highest BCUT2D eigenvalue weighted by Gasteiger charge is 2.32. The van der Waals surface area contributed by atoms with Gasteiger partial charge in [-0.3, -0.25) is 5.32 Å². The molecule has 226 valence electrons. The van der Waals surface area contributed by atoms with Crippen molar-refractivity contribution in [3.8, 4) is 22.9 Å². The summed E-state index contributed by atoms with van der Waals surface area (Å²) in [7, 11) is 1.06. The van der Waals surface area contributed by atoms with Gasteiger partial charge in [0.05, 0.1) is 36.4 Å². The average Bonchev–Trinajstić information content (AvgIpc) is 3.61. The van der Waals surface area contributed by atoms with Gasteiger partial charge in [0.2, 0.25) is 0 Å². The van der Waals surface area contributed by atoms with Crippen LogP contribution in [0.3, 0.4) is 0 Å². The SMILES string of the molecule is COc1cc2c(nc1OC)c(-c1cc3c(C(NCC(O)c4ccccc4)S(=O)(=O)c4ccc(C)cc4)ccnc3[nH]1)cn2C. The summed E-state index contributed by atoms with van der Waals surface area (Å²) in [6.07, 6.45) is 2.61. The van der Waals surface area contributed by atoms with Gasteiger partial charge < -0.3 is 24.1 Å². The van der Waals surface area contributed by atoms with E-state index in [1.54, 1.807) is 43.6 Å². The number of ether oxygens (including phenoxy) is 2. The number of hydrogen-bond donors (Lipinski definition) is 3. The number of fused-ring (bicyclic) bond motifs is 2.